The van der Waals surface area contributed by atoms with Crippen LogP contribution in [0.15, 0.2) is 24.3 Å². The Bertz CT molecular complexity index is 458. The van der Waals surface area contributed by atoms with Gasteiger partial charge in [0.15, 0.2) is 13.9 Å². The number of benzene rings is 1. The number of nitrogens with zero attached hydrogens (tertiary/aromatic N) is 1. The van der Waals surface area contributed by atoms with Crippen LogP contribution in [-0.4, -0.2) is 8.32 Å². The minimum absolute atomic E-state index is 0.695. The lowest BCUT2D eigenvalue weighted by Crippen LogP contribution is -2.41. The van der Waals surface area contributed by atoms with Crippen LogP contribution in [-0.2, 0) is 16.4 Å². The molecule has 2 rings (SSSR count). The second kappa shape index (κ2) is 4.28. The van der Waals surface area contributed by atoms with Gasteiger partial charge in [0.1, 0.15) is 6.07 Å². The Morgan fingerprint density at radius 3 is 2.65 bits per heavy atom. The fourth-order valence-electron chi connectivity index (χ4n) is 2.56. The van der Waals surface area contributed by atoms with Gasteiger partial charge in [-0.25, -0.2) is 0 Å². The molecule has 0 saturated heterocycles. The summed E-state index contributed by atoms with van der Waals surface area (Å²) in [5.41, 5.74) is 1.67. The van der Waals surface area contributed by atoms with Crippen LogP contribution in [0.2, 0.25) is 19.6 Å². The predicted molar refractivity (Wildman–Crippen MR) is 71.1 cm³/mol. The third kappa shape index (κ3) is 2.43. The molecule has 0 amide bonds. The Balaban J connectivity index is 2.47. The fraction of sp³-hybridized carbons (Fsp3) is 0.500. The Labute approximate surface area is 104 Å². The lowest BCUT2D eigenvalue weighted by Gasteiger charge is -2.38. The summed E-state index contributed by atoms with van der Waals surface area (Å²) in [6.07, 6.45) is 2.93. The van der Waals surface area contributed by atoms with E-state index in [1.165, 1.54) is 5.56 Å². The van der Waals surface area contributed by atoms with Gasteiger partial charge in [-0.1, -0.05) is 24.3 Å². The van der Waals surface area contributed by atoms with Gasteiger partial charge in [-0.15, -0.1) is 0 Å². The molecule has 1 atom stereocenters. The van der Waals surface area contributed by atoms with E-state index < -0.39 is 13.9 Å². The molecule has 0 aliphatic heterocycles. The van der Waals surface area contributed by atoms with Crippen molar-refractivity contribution in [1.29, 1.82) is 5.26 Å². The van der Waals surface area contributed by atoms with Gasteiger partial charge in [0.2, 0.25) is 0 Å². The number of hydrogen-bond donors (Lipinski definition) is 0. The van der Waals surface area contributed by atoms with E-state index in [0.717, 1.165) is 24.8 Å². The Hall–Kier alpha value is -1.11. The smallest absolute Gasteiger partial charge is 0.186 e. The molecule has 90 valence electrons. The van der Waals surface area contributed by atoms with Crippen LogP contribution in [0.4, 0.5) is 0 Å². The minimum atomic E-state index is -1.73. The highest BCUT2D eigenvalue weighted by atomic mass is 28.4. The van der Waals surface area contributed by atoms with Crippen LogP contribution in [0.1, 0.15) is 24.0 Å². The monoisotopic (exact) mass is 245 g/mol. The van der Waals surface area contributed by atoms with Gasteiger partial charge in [0, 0.05) is 5.56 Å². The minimum Gasteiger partial charge on any atom is -0.396 e. The number of fused-ring (bicyclic) bond motifs is 1. The van der Waals surface area contributed by atoms with Crippen molar-refractivity contribution in [1.82, 2.24) is 0 Å². The summed E-state index contributed by atoms with van der Waals surface area (Å²) in [5.74, 6) is 0. The number of nitriles is 1. The quantitative estimate of drug-likeness (QED) is 0.746. The summed E-state index contributed by atoms with van der Waals surface area (Å²) < 4.78 is 6.22. The first-order valence-corrected chi connectivity index (χ1v) is 9.57. The number of aryl methyl sites for hydroxylation is 1. The van der Waals surface area contributed by atoms with E-state index in [2.05, 4.69) is 37.8 Å². The van der Waals surface area contributed by atoms with Crippen molar-refractivity contribution in [3.05, 3.63) is 35.4 Å². The summed E-state index contributed by atoms with van der Waals surface area (Å²) >= 11 is 0. The van der Waals surface area contributed by atoms with Crippen molar-refractivity contribution >= 4 is 8.32 Å². The molecule has 0 spiro atoms. The Kier molecular flexibility index (Phi) is 3.11. The van der Waals surface area contributed by atoms with Crippen molar-refractivity contribution in [2.24, 2.45) is 0 Å². The van der Waals surface area contributed by atoms with Crippen molar-refractivity contribution in [3.63, 3.8) is 0 Å². The van der Waals surface area contributed by atoms with E-state index >= 15 is 0 Å². The molecule has 0 aromatic heterocycles. The maximum atomic E-state index is 9.60. The molecule has 0 radical (unpaired) electrons. The first-order valence-electron chi connectivity index (χ1n) is 6.17. The second-order valence-electron chi connectivity index (χ2n) is 5.66. The van der Waals surface area contributed by atoms with Gasteiger partial charge >= 0.3 is 0 Å². The molecular weight excluding hydrogens is 226 g/mol. The average Bonchev–Trinajstić information content (AvgIpc) is 2.27. The van der Waals surface area contributed by atoms with E-state index in [4.69, 9.17) is 4.43 Å². The second-order valence-corrected chi connectivity index (χ2v) is 10.1. The predicted octanol–water partition coefficient (Wildman–Crippen LogP) is 3.59. The highest BCUT2D eigenvalue weighted by molar-refractivity contribution is 6.69. The summed E-state index contributed by atoms with van der Waals surface area (Å²) in [5, 5.41) is 9.60. The first-order chi connectivity index (χ1) is 7.97. The van der Waals surface area contributed by atoms with Crippen molar-refractivity contribution in [3.8, 4) is 6.07 Å². The molecule has 1 aromatic rings. The Morgan fingerprint density at radius 1 is 1.29 bits per heavy atom. The normalized spacial score (nSPS) is 23.9. The van der Waals surface area contributed by atoms with Gasteiger partial charge in [-0.05, 0) is 44.5 Å². The lowest BCUT2D eigenvalue weighted by molar-refractivity contribution is 0.0984. The van der Waals surface area contributed by atoms with Gasteiger partial charge in [0.25, 0.3) is 0 Å². The van der Waals surface area contributed by atoms with Crippen LogP contribution in [0.3, 0.4) is 0 Å². The van der Waals surface area contributed by atoms with Crippen LogP contribution >= 0.6 is 0 Å². The van der Waals surface area contributed by atoms with Crippen molar-refractivity contribution in [2.45, 2.75) is 44.5 Å². The average molecular weight is 245 g/mol. The highest BCUT2D eigenvalue weighted by Gasteiger charge is 2.41. The molecule has 0 bridgehead atoms. The third-order valence-corrected chi connectivity index (χ3v) is 4.05. The summed E-state index contributed by atoms with van der Waals surface area (Å²) in [7, 11) is -1.73. The third-order valence-electron chi connectivity index (χ3n) is 3.09. The SMILES string of the molecule is C[Si](C)(C)O[C@@]1(C#N)CCCc2ccccc21. The topological polar surface area (TPSA) is 33.0 Å². The molecule has 0 N–H and O–H groups in total. The molecule has 0 unspecified atom stereocenters. The standard InChI is InChI=1S/C14H19NOSi/c1-17(2,3)16-14(11-15)10-6-8-12-7-4-5-9-13(12)14/h4-5,7,9H,6,8,10H2,1-3H3/t14-/m1/s1. The molecule has 0 fully saturated rings. The van der Waals surface area contributed by atoms with Crippen LogP contribution in [0.25, 0.3) is 0 Å². The van der Waals surface area contributed by atoms with Crippen LogP contribution < -0.4 is 0 Å². The molecule has 3 heteroatoms. The van der Waals surface area contributed by atoms with E-state index in [0.29, 0.717) is 0 Å². The molecule has 0 heterocycles. The molecule has 1 aliphatic carbocycles. The summed E-state index contributed by atoms with van der Waals surface area (Å²) in [6, 6.07) is 10.7. The zero-order valence-electron chi connectivity index (χ0n) is 10.8. The highest BCUT2D eigenvalue weighted by Crippen LogP contribution is 2.39. The van der Waals surface area contributed by atoms with E-state index in [1.807, 2.05) is 12.1 Å². The van der Waals surface area contributed by atoms with Crippen LogP contribution in [0, 0.1) is 11.3 Å². The molecule has 1 aromatic carbocycles. The lowest BCUT2D eigenvalue weighted by atomic mass is 9.80. The van der Waals surface area contributed by atoms with Gasteiger partial charge < -0.3 is 4.43 Å². The number of rotatable bonds is 2. The van der Waals surface area contributed by atoms with E-state index in [1.54, 1.807) is 0 Å². The zero-order valence-corrected chi connectivity index (χ0v) is 11.8. The zero-order chi connectivity index (χ0) is 12.5. The van der Waals surface area contributed by atoms with Gasteiger partial charge in [-0.3, -0.25) is 0 Å². The first kappa shape index (κ1) is 12.3. The number of hydrogen-bond acceptors (Lipinski definition) is 2. The maximum Gasteiger partial charge on any atom is 0.186 e. The van der Waals surface area contributed by atoms with Crippen molar-refractivity contribution < 1.29 is 4.43 Å². The molecule has 1 aliphatic rings. The maximum absolute atomic E-state index is 9.60. The molecule has 17 heavy (non-hydrogen) atoms. The molecule has 0 saturated carbocycles. The summed E-state index contributed by atoms with van der Waals surface area (Å²) in [6.45, 7) is 6.43. The molecule has 2 nitrogen and oxygen atoms in total. The Morgan fingerprint density at radius 2 is 2.00 bits per heavy atom. The van der Waals surface area contributed by atoms with Gasteiger partial charge in [0.05, 0.1) is 0 Å². The van der Waals surface area contributed by atoms with E-state index in [-0.39, 0.29) is 0 Å². The summed E-state index contributed by atoms with van der Waals surface area (Å²) in [4.78, 5) is 0. The largest absolute Gasteiger partial charge is 0.396 e. The fourth-order valence-corrected chi connectivity index (χ4v) is 3.87. The van der Waals surface area contributed by atoms with Crippen LogP contribution in [0.5, 0.6) is 0 Å². The molecular formula is C14H19NOSi. The van der Waals surface area contributed by atoms with E-state index in [9.17, 15) is 5.26 Å². The van der Waals surface area contributed by atoms with Crippen molar-refractivity contribution in [2.75, 3.05) is 0 Å². The van der Waals surface area contributed by atoms with Gasteiger partial charge in [-0.2, -0.15) is 5.26 Å².